The Kier molecular flexibility index (Phi) is 8.17. The van der Waals surface area contributed by atoms with Gasteiger partial charge in [-0.2, -0.15) is 0 Å². The second kappa shape index (κ2) is 8.76. The summed E-state index contributed by atoms with van der Waals surface area (Å²) in [6.45, 7) is 2.43. The second-order valence-corrected chi connectivity index (χ2v) is 4.96. The Labute approximate surface area is 119 Å². The zero-order valence-corrected chi connectivity index (χ0v) is 12.0. The Balaban J connectivity index is 4.41. The van der Waals surface area contributed by atoms with E-state index in [-0.39, 0.29) is 11.6 Å². The van der Waals surface area contributed by atoms with E-state index in [9.17, 15) is 19.2 Å². The number of carbonyl (C=O) groups is 4. The molecule has 0 aromatic carbocycles. The first kappa shape index (κ1) is 17.7. The van der Waals surface area contributed by atoms with Crippen LogP contribution in [0.15, 0.2) is 0 Å². The number of amides is 2. The van der Waals surface area contributed by atoms with Crippen LogP contribution in [0.4, 0.5) is 0 Å². The third kappa shape index (κ3) is 7.68. The summed E-state index contributed by atoms with van der Waals surface area (Å²) in [5.74, 6) is -2.39. The van der Waals surface area contributed by atoms with Gasteiger partial charge in [0.1, 0.15) is 12.1 Å². The van der Waals surface area contributed by atoms with E-state index in [0.717, 1.165) is 0 Å². The fraction of sp³-hybridized carbons (Fsp3) is 0.600. The number of halogens is 1. The number of aliphatic carboxylic acids is 1. The number of rotatable bonds is 7. The lowest BCUT2D eigenvalue weighted by Crippen LogP contribution is -2.43. The first-order valence-electron chi connectivity index (χ1n) is 5.27. The van der Waals surface area contributed by atoms with Crippen LogP contribution < -0.4 is 10.6 Å². The van der Waals surface area contributed by atoms with E-state index in [0.29, 0.717) is 11.8 Å². The average Bonchev–Trinajstić information content (AvgIpc) is 2.29. The first-order valence-corrected chi connectivity index (χ1v) is 6.79. The maximum atomic E-state index is 11.7. The average molecular weight is 311 g/mol. The van der Waals surface area contributed by atoms with Crippen LogP contribution >= 0.6 is 23.4 Å². The second-order valence-electron chi connectivity index (χ2n) is 3.63. The van der Waals surface area contributed by atoms with Crippen molar-refractivity contribution in [3.8, 4) is 0 Å². The molecule has 2 atom stereocenters. The zero-order valence-electron chi connectivity index (χ0n) is 10.4. The molecule has 0 unspecified atom stereocenters. The van der Waals surface area contributed by atoms with Gasteiger partial charge in [-0.25, -0.2) is 4.79 Å². The highest BCUT2D eigenvalue weighted by Gasteiger charge is 2.24. The molecule has 0 aliphatic rings. The van der Waals surface area contributed by atoms with Crippen LogP contribution in [0.5, 0.6) is 0 Å². The Morgan fingerprint density at radius 3 is 1.95 bits per heavy atom. The van der Waals surface area contributed by atoms with Crippen LogP contribution in [-0.2, 0) is 19.2 Å². The number of hydrogen-bond acceptors (Lipinski definition) is 5. The fourth-order valence-corrected chi connectivity index (χ4v) is 2.30. The van der Waals surface area contributed by atoms with Gasteiger partial charge < -0.3 is 15.7 Å². The Morgan fingerprint density at radius 2 is 1.58 bits per heavy atom. The topological polar surface area (TPSA) is 113 Å². The minimum absolute atomic E-state index is 0.108. The van der Waals surface area contributed by atoms with Crippen LogP contribution in [0.1, 0.15) is 13.8 Å². The van der Waals surface area contributed by atoms with Crippen molar-refractivity contribution >= 4 is 46.3 Å². The van der Waals surface area contributed by atoms with E-state index >= 15 is 0 Å². The molecule has 0 aliphatic carbocycles. The quantitative estimate of drug-likeness (QED) is 0.550. The van der Waals surface area contributed by atoms with Crippen LogP contribution in [0.3, 0.4) is 0 Å². The molecule has 0 heterocycles. The third-order valence-corrected chi connectivity index (χ3v) is 3.26. The number of thioether (sulfide) groups is 1. The lowest BCUT2D eigenvalue weighted by atomic mass is 10.3. The summed E-state index contributed by atoms with van der Waals surface area (Å²) in [5, 5.41) is 12.9. The minimum Gasteiger partial charge on any atom is -0.480 e. The number of hydrogen-bond donors (Lipinski definition) is 3. The lowest BCUT2D eigenvalue weighted by Gasteiger charge is -2.15. The van der Waals surface area contributed by atoms with Crippen molar-refractivity contribution in [1.29, 1.82) is 0 Å². The molecule has 0 aromatic heterocycles. The van der Waals surface area contributed by atoms with E-state index in [2.05, 4.69) is 10.6 Å². The van der Waals surface area contributed by atoms with E-state index in [1.165, 1.54) is 13.8 Å². The number of nitrogens with one attached hydrogen (secondary N) is 2. The van der Waals surface area contributed by atoms with E-state index in [1.54, 1.807) is 0 Å². The van der Waals surface area contributed by atoms with Crippen molar-refractivity contribution in [2.45, 2.75) is 25.9 Å². The molecule has 3 N–H and O–H groups in total. The molecule has 0 saturated heterocycles. The van der Waals surface area contributed by atoms with Gasteiger partial charge in [-0.3, -0.25) is 14.4 Å². The van der Waals surface area contributed by atoms with E-state index in [1.807, 2.05) is 0 Å². The molecule has 9 heteroatoms. The molecule has 0 radical (unpaired) electrons. The highest BCUT2D eigenvalue weighted by Crippen LogP contribution is 2.09. The van der Waals surface area contributed by atoms with Crippen molar-refractivity contribution in [3.63, 3.8) is 0 Å². The maximum Gasteiger partial charge on any atom is 0.327 e. The molecule has 0 bridgehead atoms. The number of alkyl halides is 1. The summed E-state index contributed by atoms with van der Waals surface area (Å²) in [5.41, 5.74) is 0. The van der Waals surface area contributed by atoms with Gasteiger partial charge in [-0.15, -0.1) is 11.6 Å². The van der Waals surface area contributed by atoms with Gasteiger partial charge in [0.25, 0.3) is 0 Å². The van der Waals surface area contributed by atoms with Crippen LogP contribution in [0, 0.1) is 0 Å². The molecular formula is C10H15ClN2O5S. The fourth-order valence-electron chi connectivity index (χ4n) is 1.09. The third-order valence-electron chi connectivity index (χ3n) is 1.88. The molecule has 7 nitrogen and oxygen atoms in total. The maximum absolute atomic E-state index is 11.7. The molecule has 0 saturated carbocycles. The van der Waals surface area contributed by atoms with Gasteiger partial charge in [0.15, 0.2) is 0 Å². The Hall–Kier alpha value is -1.28. The summed E-state index contributed by atoms with van der Waals surface area (Å²) in [7, 11) is 0. The summed E-state index contributed by atoms with van der Waals surface area (Å²) in [6, 6.07) is -2.05. The number of carboxylic acid groups (broad SMARTS) is 1. The molecule has 0 rings (SSSR count). The van der Waals surface area contributed by atoms with E-state index < -0.39 is 35.0 Å². The van der Waals surface area contributed by atoms with E-state index in [4.69, 9.17) is 16.7 Å². The zero-order chi connectivity index (χ0) is 15.0. The predicted molar refractivity (Wildman–Crippen MR) is 71.0 cm³/mol. The Morgan fingerprint density at radius 1 is 1.11 bits per heavy atom. The van der Waals surface area contributed by atoms with Crippen LogP contribution in [0.2, 0.25) is 0 Å². The Bertz CT molecular complexity index is 377. The predicted octanol–water partition coefficient (Wildman–Crippen LogP) is -0.421. The molecule has 0 aromatic rings. The molecule has 19 heavy (non-hydrogen) atoms. The van der Waals surface area contributed by atoms with Gasteiger partial charge in [-0.05, 0) is 0 Å². The smallest absolute Gasteiger partial charge is 0.327 e. The summed E-state index contributed by atoms with van der Waals surface area (Å²) < 4.78 is 0. The molecule has 2 amide bonds. The van der Waals surface area contributed by atoms with Crippen molar-refractivity contribution in [1.82, 2.24) is 10.6 Å². The van der Waals surface area contributed by atoms with Crippen LogP contribution in [-0.4, -0.2) is 51.7 Å². The van der Waals surface area contributed by atoms with Crippen molar-refractivity contribution < 1.29 is 24.3 Å². The van der Waals surface area contributed by atoms with Crippen molar-refractivity contribution in [2.75, 3.05) is 11.6 Å². The van der Waals surface area contributed by atoms with Crippen molar-refractivity contribution in [2.24, 2.45) is 0 Å². The van der Waals surface area contributed by atoms with Crippen molar-refractivity contribution in [3.05, 3.63) is 0 Å². The molecule has 0 fully saturated rings. The summed E-state index contributed by atoms with van der Waals surface area (Å²) in [4.78, 5) is 44.1. The van der Waals surface area contributed by atoms with Gasteiger partial charge in [-0.1, -0.05) is 11.8 Å². The highest BCUT2D eigenvalue weighted by atomic mass is 35.5. The first-order chi connectivity index (χ1) is 8.77. The molecular weight excluding hydrogens is 296 g/mol. The molecule has 0 aliphatic heterocycles. The summed E-state index contributed by atoms with van der Waals surface area (Å²) in [6.07, 6.45) is 0. The lowest BCUT2D eigenvalue weighted by molar-refractivity contribution is -0.140. The van der Waals surface area contributed by atoms with Gasteiger partial charge in [0.05, 0.1) is 5.88 Å². The largest absolute Gasteiger partial charge is 0.480 e. The highest BCUT2D eigenvalue weighted by molar-refractivity contribution is 8.13. The normalized spacial score (nSPS) is 13.2. The van der Waals surface area contributed by atoms with Gasteiger partial charge in [0, 0.05) is 19.6 Å². The monoisotopic (exact) mass is 310 g/mol. The molecule has 0 spiro atoms. The summed E-state index contributed by atoms with van der Waals surface area (Å²) >= 11 is 6.23. The minimum atomic E-state index is -1.24. The number of carboxylic acids is 1. The molecule has 108 valence electrons. The SMILES string of the molecule is CC(=O)N[C@@H](CSC(=O)[C@H](CCl)NC(C)=O)C(=O)O. The van der Waals surface area contributed by atoms with Gasteiger partial charge in [0.2, 0.25) is 16.9 Å². The van der Waals surface area contributed by atoms with Crippen LogP contribution in [0.25, 0.3) is 0 Å². The number of carbonyl (C=O) groups excluding carboxylic acids is 3. The standard InChI is InChI=1S/C10H15ClN2O5S/c1-5(14)12-7(3-11)10(18)19-4-8(9(16)17)13-6(2)15/h7-8H,3-4H2,1-2H3,(H,12,14)(H,13,15)(H,16,17)/t7-,8-/m0/s1. The van der Waals surface area contributed by atoms with Gasteiger partial charge >= 0.3 is 5.97 Å².